The van der Waals surface area contributed by atoms with Crippen molar-refractivity contribution in [1.29, 1.82) is 0 Å². The second-order valence-corrected chi connectivity index (χ2v) is 4.17. The van der Waals surface area contributed by atoms with Crippen LogP contribution in [0.2, 0.25) is 0 Å². The van der Waals surface area contributed by atoms with Crippen LogP contribution >= 0.6 is 0 Å². The molecule has 0 aromatic heterocycles. The number of benzene rings is 1. The molecule has 0 spiro atoms. The van der Waals surface area contributed by atoms with Crippen LogP contribution in [0, 0.1) is 0 Å². The maximum absolute atomic E-state index is 8.96. The Morgan fingerprint density at radius 1 is 1.25 bits per heavy atom. The zero-order valence-corrected chi connectivity index (χ0v) is 10.2. The van der Waals surface area contributed by atoms with Gasteiger partial charge in [0.25, 0.3) is 0 Å². The first-order valence-electron chi connectivity index (χ1n) is 5.66. The minimum atomic E-state index is 0.129. The molecule has 0 saturated heterocycles. The number of para-hydroxylation sites is 1. The fraction of sp³-hybridized carbons (Fsp3) is 0.538. The van der Waals surface area contributed by atoms with Gasteiger partial charge in [-0.2, -0.15) is 0 Å². The summed E-state index contributed by atoms with van der Waals surface area (Å²) in [6.45, 7) is 4.24. The molecule has 0 heterocycles. The van der Waals surface area contributed by atoms with Gasteiger partial charge in [-0.15, -0.1) is 0 Å². The molecule has 3 heteroatoms. The largest absolute Gasteiger partial charge is 0.496 e. The molecule has 0 saturated carbocycles. The summed E-state index contributed by atoms with van der Waals surface area (Å²) in [7, 11) is 1.69. The highest BCUT2D eigenvalue weighted by atomic mass is 16.5. The molecule has 0 radical (unpaired) electrons. The standard InChI is InChI=1S/C13H21NO2/c1-10(14-11(2)9-15)8-12-6-4-5-7-13(12)16-3/h4-7,10-11,14-15H,8-9H2,1-3H3/t10?,11-/m1/s1. The van der Waals surface area contributed by atoms with Crippen molar-refractivity contribution < 1.29 is 9.84 Å². The van der Waals surface area contributed by atoms with Crippen LogP contribution in [0.4, 0.5) is 0 Å². The first kappa shape index (κ1) is 13.0. The van der Waals surface area contributed by atoms with Crippen molar-refractivity contribution in [1.82, 2.24) is 5.32 Å². The van der Waals surface area contributed by atoms with Gasteiger partial charge in [0.15, 0.2) is 0 Å². The zero-order valence-electron chi connectivity index (χ0n) is 10.2. The van der Waals surface area contributed by atoms with Crippen molar-refractivity contribution in [2.45, 2.75) is 32.4 Å². The van der Waals surface area contributed by atoms with Crippen LogP contribution in [0.5, 0.6) is 5.75 Å². The van der Waals surface area contributed by atoms with Gasteiger partial charge in [0.2, 0.25) is 0 Å². The number of methoxy groups -OCH3 is 1. The number of aliphatic hydroxyl groups excluding tert-OH is 1. The number of ether oxygens (including phenoxy) is 1. The van der Waals surface area contributed by atoms with Crippen molar-refractivity contribution >= 4 is 0 Å². The van der Waals surface area contributed by atoms with Gasteiger partial charge in [0, 0.05) is 12.1 Å². The maximum atomic E-state index is 8.96. The summed E-state index contributed by atoms with van der Waals surface area (Å²) >= 11 is 0. The summed E-state index contributed by atoms with van der Waals surface area (Å²) in [6, 6.07) is 8.47. The Labute approximate surface area is 97.4 Å². The molecule has 0 aliphatic rings. The molecule has 2 N–H and O–H groups in total. The highest BCUT2D eigenvalue weighted by molar-refractivity contribution is 5.33. The van der Waals surface area contributed by atoms with Crippen molar-refractivity contribution in [3.63, 3.8) is 0 Å². The van der Waals surface area contributed by atoms with Gasteiger partial charge in [-0.3, -0.25) is 0 Å². The lowest BCUT2D eigenvalue weighted by Gasteiger charge is -2.19. The van der Waals surface area contributed by atoms with E-state index in [1.54, 1.807) is 7.11 Å². The molecular weight excluding hydrogens is 202 g/mol. The Bertz CT molecular complexity index is 315. The second kappa shape index (κ2) is 6.51. The highest BCUT2D eigenvalue weighted by Gasteiger charge is 2.09. The number of aliphatic hydroxyl groups is 1. The van der Waals surface area contributed by atoms with Gasteiger partial charge < -0.3 is 15.2 Å². The van der Waals surface area contributed by atoms with E-state index in [-0.39, 0.29) is 12.6 Å². The molecule has 1 unspecified atom stereocenters. The Morgan fingerprint density at radius 2 is 1.94 bits per heavy atom. The van der Waals surface area contributed by atoms with Crippen LogP contribution in [0.1, 0.15) is 19.4 Å². The molecule has 2 atom stereocenters. The smallest absolute Gasteiger partial charge is 0.122 e. The van der Waals surface area contributed by atoms with E-state index in [1.165, 1.54) is 5.56 Å². The summed E-state index contributed by atoms with van der Waals surface area (Å²) in [4.78, 5) is 0. The van der Waals surface area contributed by atoms with E-state index in [4.69, 9.17) is 9.84 Å². The third kappa shape index (κ3) is 3.83. The Balaban J connectivity index is 2.58. The van der Waals surface area contributed by atoms with Crippen molar-refractivity contribution in [3.8, 4) is 5.75 Å². The van der Waals surface area contributed by atoms with Gasteiger partial charge in [0.1, 0.15) is 5.75 Å². The van der Waals surface area contributed by atoms with Crippen LogP contribution in [0.25, 0.3) is 0 Å². The minimum absolute atomic E-state index is 0.129. The van der Waals surface area contributed by atoms with E-state index in [9.17, 15) is 0 Å². The van der Waals surface area contributed by atoms with Crippen molar-refractivity contribution in [2.75, 3.05) is 13.7 Å². The summed E-state index contributed by atoms with van der Waals surface area (Å²) in [6.07, 6.45) is 0.897. The Morgan fingerprint density at radius 3 is 2.56 bits per heavy atom. The summed E-state index contributed by atoms with van der Waals surface area (Å²) in [5, 5.41) is 12.3. The fourth-order valence-electron chi connectivity index (χ4n) is 1.80. The highest BCUT2D eigenvalue weighted by Crippen LogP contribution is 2.18. The lowest BCUT2D eigenvalue weighted by atomic mass is 10.1. The Hall–Kier alpha value is -1.06. The molecule has 16 heavy (non-hydrogen) atoms. The monoisotopic (exact) mass is 223 g/mol. The molecule has 0 fully saturated rings. The van der Waals surface area contributed by atoms with Gasteiger partial charge in [-0.25, -0.2) is 0 Å². The van der Waals surface area contributed by atoms with Crippen LogP contribution in [0.3, 0.4) is 0 Å². The van der Waals surface area contributed by atoms with Crippen LogP contribution < -0.4 is 10.1 Å². The first-order valence-corrected chi connectivity index (χ1v) is 5.66. The third-order valence-corrected chi connectivity index (χ3v) is 2.56. The number of hydrogen-bond donors (Lipinski definition) is 2. The molecule has 1 aromatic rings. The van der Waals surface area contributed by atoms with Crippen molar-refractivity contribution in [3.05, 3.63) is 29.8 Å². The molecular formula is C13H21NO2. The number of nitrogens with one attached hydrogen (secondary N) is 1. The molecule has 3 nitrogen and oxygen atoms in total. The lowest BCUT2D eigenvalue weighted by molar-refractivity contribution is 0.242. The molecule has 0 aliphatic heterocycles. The van der Waals surface area contributed by atoms with Gasteiger partial charge >= 0.3 is 0 Å². The molecule has 0 amide bonds. The molecule has 1 aromatic carbocycles. The zero-order chi connectivity index (χ0) is 12.0. The van der Waals surface area contributed by atoms with Crippen LogP contribution in [-0.4, -0.2) is 30.9 Å². The molecule has 1 rings (SSSR count). The maximum Gasteiger partial charge on any atom is 0.122 e. The van der Waals surface area contributed by atoms with Crippen LogP contribution in [-0.2, 0) is 6.42 Å². The van der Waals surface area contributed by atoms with Gasteiger partial charge in [-0.05, 0) is 31.9 Å². The average Bonchev–Trinajstić information content (AvgIpc) is 2.29. The fourth-order valence-corrected chi connectivity index (χ4v) is 1.80. The summed E-state index contributed by atoms with van der Waals surface area (Å²) in [5.41, 5.74) is 1.19. The predicted octanol–water partition coefficient (Wildman–Crippen LogP) is 1.60. The quantitative estimate of drug-likeness (QED) is 0.769. The first-order chi connectivity index (χ1) is 7.67. The van der Waals surface area contributed by atoms with Gasteiger partial charge in [0.05, 0.1) is 13.7 Å². The molecule has 0 aliphatic carbocycles. The van der Waals surface area contributed by atoms with E-state index >= 15 is 0 Å². The van der Waals surface area contributed by atoms with E-state index in [2.05, 4.69) is 18.3 Å². The molecule has 0 bridgehead atoms. The summed E-state index contributed by atoms with van der Waals surface area (Å²) < 4.78 is 5.30. The molecule has 90 valence electrons. The topological polar surface area (TPSA) is 41.5 Å². The minimum Gasteiger partial charge on any atom is -0.496 e. The SMILES string of the molecule is COc1ccccc1CC(C)N[C@H](C)CO. The second-order valence-electron chi connectivity index (χ2n) is 4.17. The Kier molecular flexibility index (Phi) is 5.29. The van der Waals surface area contributed by atoms with E-state index in [0.29, 0.717) is 6.04 Å². The van der Waals surface area contributed by atoms with E-state index in [1.807, 2.05) is 25.1 Å². The van der Waals surface area contributed by atoms with E-state index < -0.39 is 0 Å². The van der Waals surface area contributed by atoms with Crippen LogP contribution in [0.15, 0.2) is 24.3 Å². The predicted molar refractivity (Wildman–Crippen MR) is 65.8 cm³/mol. The number of hydrogen-bond acceptors (Lipinski definition) is 3. The van der Waals surface area contributed by atoms with E-state index in [0.717, 1.165) is 12.2 Å². The van der Waals surface area contributed by atoms with Crippen molar-refractivity contribution in [2.24, 2.45) is 0 Å². The number of rotatable bonds is 6. The normalized spacial score (nSPS) is 14.5. The summed E-state index contributed by atoms with van der Waals surface area (Å²) in [5.74, 6) is 0.924. The van der Waals surface area contributed by atoms with Gasteiger partial charge in [-0.1, -0.05) is 18.2 Å². The average molecular weight is 223 g/mol. The third-order valence-electron chi connectivity index (χ3n) is 2.56. The lowest BCUT2D eigenvalue weighted by Crippen LogP contribution is -2.38.